The highest BCUT2D eigenvalue weighted by Gasteiger charge is 2.29. The van der Waals surface area contributed by atoms with Gasteiger partial charge in [-0.1, -0.05) is 41.5 Å². The van der Waals surface area contributed by atoms with Crippen molar-refractivity contribution in [2.45, 2.75) is 105 Å². The molecule has 3 N–H and O–H groups in total. The summed E-state index contributed by atoms with van der Waals surface area (Å²) in [6.45, 7) is 14.0. The van der Waals surface area contributed by atoms with E-state index in [9.17, 15) is 19.8 Å². The summed E-state index contributed by atoms with van der Waals surface area (Å²) in [5.74, 6) is 0.299. The Morgan fingerprint density at radius 3 is 2.17 bits per heavy atom. The Kier molecular flexibility index (Phi) is 12.0. The van der Waals surface area contributed by atoms with E-state index in [4.69, 9.17) is 4.74 Å². The Labute approximate surface area is 217 Å². The third-order valence-corrected chi connectivity index (χ3v) is 7.13. The number of phenols is 2. The number of likely N-dealkylation sites (tertiary alicyclic amines) is 1. The Balaban J connectivity index is 0.00000222. The van der Waals surface area contributed by atoms with Crippen LogP contribution in [0.25, 0.3) is 0 Å². The number of nitrogens with one attached hydrogen (secondary N) is 1. The number of hydrogen-bond acceptors (Lipinski definition) is 6. The van der Waals surface area contributed by atoms with Crippen LogP contribution < -0.4 is 5.32 Å². The van der Waals surface area contributed by atoms with Crippen molar-refractivity contribution >= 4 is 11.9 Å². The van der Waals surface area contributed by atoms with E-state index in [1.54, 1.807) is 11.0 Å². The number of carbonyl (C=O) groups is 2. The minimum absolute atomic E-state index is 0.0104. The molecule has 2 aliphatic rings. The summed E-state index contributed by atoms with van der Waals surface area (Å²) in [6.07, 6.45) is 6.72. The zero-order valence-electron chi connectivity index (χ0n) is 23.2. The van der Waals surface area contributed by atoms with Crippen LogP contribution in [0.2, 0.25) is 0 Å². The molecular formula is C29H48N2O5. The second kappa shape index (κ2) is 14.5. The highest BCUT2D eigenvalue weighted by Crippen LogP contribution is 2.33. The Morgan fingerprint density at radius 2 is 1.61 bits per heavy atom. The van der Waals surface area contributed by atoms with Crippen molar-refractivity contribution in [1.82, 2.24) is 10.2 Å². The van der Waals surface area contributed by atoms with Crippen LogP contribution in [0.15, 0.2) is 12.1 Å². The Morgan fingerprint density at radius 1 is 1.00 bits per heavy atom. The highest BCUT2D eigenvalue weighted by atomic mass is 16.5. The minimum Gasteiger partial charge on any atom is -0.508 e. The zero-order valence-corrected chi connectivity index (χ0v) is 23.2. The average molecular weight is 505 g/mol. The maximum atomic E-state index is 13.1. The number of amides is 1. The molecular weight excluding hydrogens is 456 g/mol. The van der Waals surface area contributed by atoms with Crippen molar-refractivity contribution in [1.29, 1.82) is 0 Å². The van der Waals surface area contributed by atoms with E-state index in [1.807, 2.05) is 27.7 Å². The first-order chi connectivity index (χ1) is 17.2. The lowest BCUT2D eigenvalue weighted by Gasteiger charge is -2.33. The van der Waals surface area contributed by atoms with Crippen molar-refractivity contribution in [3.05, 3.63) is 23.3 Å². The molecule has 1 aromatic carbocycles. The summed E-state index contributed by atoms with van der Waals surface area (Å²) < 4.78 is 5.76. The summed E-state index contributed by atoms with van der Waals surface area (Å²) in [5.41, 5.74) is 0.894. The molecule has 7 nitrogen and oxygen atoms in total. The molecule has 1 aromatic rings. The van der Waals surface area contributed by atoms with Crippen molar-refractivity contribution in [3.8, 4) is 11.5 Å². The summed E-state index contributed by atoms with van der Waals surface area (Å²) >= 11 is 0. The number of phenolic OH excluding ortho intramolecular Hbond substituents is 2. The molecule has 204 valence electrons. The van der Waals surface area contributed by atoms with E-state index >= 15 is 0 Å². The number of piperidine rings is 1. The van der Waals surface area contributed by atoms with Gasteiger partial charge in [0.05, 0.1) is 5.56 Å². The zero-order chi connectivity index (χ0) is 26.8. The average Bonchev–Trinajstić information content (AvgIpc) is 3.35. The summed E-state index contributed by atoms with van der Waals surface area (Å²) in [7, 11) is 0. The molecule has 36 heavy (non-hydrogen) atoms. The first kappa shape index (κ1) is 29.9. The number of nitrogens with zero attached hydrogens (tertiary/aromatic N) is 1. The van der Waals surface area contributed by atoms with E-state index in [2.05, 4.69) is 19.2 Å². The quantitative estimate of drug-likeness (QED) is 0.379. The van der Waals surface area contributed by atoms with Crippen molar-refractivity contribution in [3.63, 3.8) is 0 Å². The fourth-order valence-electron chi connectivity index (χ4n) is 5.03. The first-order valence-corrected chi connectivity index (χ1v) is 13.9. The lowest BCUT2D eigenvalue weighted by atomic mass is 9.94. The van der Waals surface area contributed by atoms with Gasteiger partial charge in [0.1, 0.15) is 23.6 Å². The molecule has 1 atom stereocenters. The molecule has 1 saturated carbocycles. The van der Waals surface area contributed by atoms with Gasteiger partial charge >= 0.3 is 5.97 Å². The van der Waals surface area contributed by atoms with Crippen molar-refractivity contribution in [2.75, 3.05) is 19.6 Å². The Bertz CT molecular complexity index is 840. The number of carbonyl (C=O) groups excluding carboxylic acids is 2. The van der Waals surface area contributed by atoms with Gasteiger partial charge in [-0.2, -0.15) is 0 Å². The third-order valence-electron chi connectivity index (χ3n) is 7.13. The van der Waals surface area contributed by atoms with E-state index in [0.717, 1.165) is 51.5 Å². The monoisotopic (exact) mass is 504 g/mol. The normalized spacial score (nSPS) is 17.7. The number of aromatic hydroxyl groups is 2. The number of ether oxygens (including phenoxy) is 1. The van der Waals surface area contributed by atoms with Gasteiger partial charge in [-0.05, 0) is 80.9 Å². The molecule has 2 fully saturated rings. The van der Waals surface area contributed by atoms with E-state index < -0.39 is 0 Å². The standard InChI is InChI=1S/C27H42N2O5.C2H6/c1-17(2)13-23(27(33)34-20-7-5-6-8-20)28-16-19-9-11-29(12-10-19)26(32)22-14-21(18(3)4)24(30)15-25(22)31;1-2/h14-15,17-20,23,28,30-31H,5-13,16H2,1-4H3;1-2H3. The van der Waals surface area contributed by atoms with Crippen LogP contribution in [0, 0.1) is 11.8 Å². The maximum Gasteiger partial charge on any atom is 0.323 e. The van der Waals surface area contributed by atoms with Crippen LogP contribution in [0.4, 0.5) is 0 Å². The molecule has 0 radical (unpaired) electrons. The van der Waals surface area contributed by atoms with Gasteiger partial charge in [-0.3, -0.25) is 9.59 Å². The second-order valence-corrected chi connectivity index (χ2v) is 10.8. The van der Waals surface area contributed by atoms with Gasteiger partial charge in [0.15, 0.2) is 0 Å². The van der Waals surface area contributed by atoms with E-state index in [0.29, 0.717) is 30.5 Å². The molecule has 1 saturated heterocycles. The van der Waals surface area contributed by atoms with Crippen LogP contribution in [0.5, 0.6) is 11.5 Å². The first-order valence-electron chi connectivity index (χ1n) is 13.9. The molecule has 1 unspecified atom stereocenters. The van der Waals surface area contributed by atoms with Gasteiger partial charge in [-0.25, -0.2) is 0 Å². The lowest BCUT2D eigenvalue weighted by Crippen LogP contribution is -2.45. The van der Waals surface area contributed by atoms with Crippen LogP contribution in [0.3, 0.4) is 0 Å². The van der Waals surface area contributed by atoms with Gasteiger partial charge in [-0.15, -0.1) is 0 Å². The fourth-order valence-corrected chi connectivity index (χ4v) is 5.03. The predicted octanol–water partition coefficient (Wildman–Crippen LogP) is 5.59. The van der Waals surface area contributed by atoms with Gasteiger partial charge in [0, 0.05) is 19.2 Å². The molecule has 0 aromatic heterocycles. The number of benzene rings is 1. The highest BCUT2D eigenvalue weighted by molar-refractivity contribution is 5.97. The van der Waals surface area contributed by atoms with Crippen LogP contribution >= 0.6 is 0 Å². The topological polar surface area (TPSA) is 99.1 Å². The van der Waals surface area contributed by atoms with Gasteiger partial charge < -0.3 is 25.2 Å². The molecule has 1 heterocycles. The largest absolute Gasteiger partial charge is 0.508 e. The molecule has 3 rings (SSSR count). The lowest BCUT2D eigenvalue weighted by molar-refractivity contribution is -0.151. The molecule has 7 heteroatoms. The third kappa shape index (κ3) is 8.39. The molecule has 1 aliphatic heterocycles. The molecule has 1 aliphatic carbocycles. The van der Waals surface area contributed by atoms with Crippen LogP contribution in [-0.2, 0) is 9.53 Å². The summed E-state index contributed by atoms with van der Waals surface area (Å²) in [4.78, 5) is 27.6. The molecule has 0 spiro atoms. The predicted molar refractivity (Wildman–Crippen MR) is 143 cm³/mol. The smallest absolute Gasteiger partial charge is 0.323 e. The number of rotatable bonds is 9. The van der Waals surface area contributed by atoms with Gasteiger partial charge in [0.25, 0.3) is 5.91 Å². The minimum atomic E-state index is -0.288. The van der Waals surface area contributed by atoms with Crippen LogP contribution in [-0.4, -0.2) is 58.8 Å². The van der Waals surface area contributed by atoms with Gasteiger partial charge in [0.2, 0.25) is 0 Å². The number of esters is 1. The fraction of sp³-hybridized carbons (Fsp3) is 0.724. The summed E-state index contributed by atoms with van der Waals surface area (Å²) in [6, 6.07) is 2.58. The van der Waals surface area contributed by atoms with Crippen molar-refractivity contribution in [2.24, 2.45) is 11.8 Å². The van der Waals surface area contributed by atoms with Crippen LogP contribution in [0.1, 0.15) is 108 Å². The number of hydrogen-bond donors (Lipinski definition) is 3. The van der Waals surface area contributed by atoms with E-state index in [1.165, 1.54) is 6.07 Å². The Hall–Kier alpha value is -2.28. The van der Waals surface area contributed by atoms with Crippen molar-refractivity contribution < 1.29 is 24.5 Å². The summed E-state index contributed by atoms with van der Waals surface area (Å²) in [5, 5.41) is 23.8. The molecule has 0 bridgehead atoms. The second-order valence-electron chi connectivity index (χ2n) is 10.8. The SMILES string of the molecule is CC.CC(C)CC(NCC1CCN(C(=O)c2cc(C(C)C)c(O)cc2O)CC1)C(=O)OC1CCCC1. The maximum absolute atomic E-state index is 13.1. The molecule has 1 amide bonds. The van der Waals surface area contributed by atoms with E-state index in [-0.39, 0.29) is 47.0 Å².